The molecule has 0 heterocycles. The van der Waals surface area contributed by atoms with Crippen molar-refractivity contribution in [2.45, 2.75) is 40.2 Å². The summed E-state index contributed by atoms with van der Waals surface area (Å²) in [6.45, 7) is 6.93. The van der Waals surface area contributed by atoms with Gasteiger partial charge in [0.1, 0.15) is 0 Å². The molecule has 1 aromatic rings. The molecule has 0 saturated heterocycles. The van der Waals surface area contributed by atoms with E-state index in [9.17, 15) is 18.9 Å². The molecule has 0 spiro atoms. The number of benzene rings is 1. The zero-order valence-corrected chi connectivity index (χ0v) is 18.0. The highest BCUT2D eigenvalue weighted by molar-refractivity contribution is 7.62. The van der Waals surface area contributed by atoms with Crippen LogP contribution < -0.4 is 10.6 Å². The Hall–Kier alpha value is -2.22. The molecule has 0 fully saturated rings. The first-order valence-corrected chi connectivity index (χ1v) is 11.0. The highest BCUT2D eigenvalue weighted by Gasteiger charge is 2.33. The van der Waals surface area contributed by atoms with E-state index < -0.39 is 31.5 Å². The third-order valence-electron chi connectivity index (χ3n) is 3.59. The smallest absolute Gasteiger partial charge is 0.361 e. The lowest BCUT2D eigenvalue weighted by Crippen LogP contribution is -2.49. The summed E-state index contributed by atoms with van der Waals surface area (Å²) in [6.07, 6.45) is -0.254. The van der Waals surface area contributed by atoms with Crippen molar-refractivity contribution in [3.05, 3.63) is 29.8 Å². The van der Waals surface area contributed by atoms with Gasteiger partial charge >= 0.3 is 19.5 Å². The first kappa shape index (κ1) is 24.8. The maximum Gasteiger partial charge on any atom is 0.361 e. The molecular formula is C19H28NO8P. The number of hydrogen-bond donors (Lipinski definition) is 1. The van der Waals surface area contributed by atoms with Gasteiger partial charge in [0.05, 0.1) is 38.2 Å². The van der Waals surface area contributed by atoms with Crippen LogP contribution in [0.2, 0.25) is 0 Å². The van der Waals surface area contributed by atoms with Gasteiger partial charge in [0, 0.05) is 0 Å². The molecule has 0 aliphatic heterocycles. The molecule has 0 bridgehead atoms. The van der Waals surface area contributed by atoms with Gasteiger partial charge in [0.15, 0.2) is 0 Å². The Labute approximate surface area is 170 Å². The Morgan fingerprint density at radius 3 is 1.90 bits per heavy atom. The molecule has 0 unspecified atom stereocenters. The minimum atomic E-state index is -3.62. The van der Waals surface area contributed by atoms with Crippen LogP contribution in [0.15, 0.2) is 24.3 Å². The third kappa shape index (κ3) is 7.27. The van der Waals surface area contributed by atoms with Gasteiger partial charge < -0.3 is 23.8 Å². The highest BCUT2D eigenvalue weighted by atomic mass is 31.2. The zero-order valence-electron chi connectivity index (χ0n) is 17.1. The fourth-order valence-electron chi connectivity index (χ4n) is 2.49. The Kier molecular flexibility index (Phi) is 10.6. The predicted octanol–water partition coefficient (Wildman–Crippen LogP) is 1.73. The van der Waals surface area contributed by atoms with Gasteiger partial charge in [-0.25, -0.2) is 9.59 Å². The van der Waals surface area contributed by atoms with Crippen molar-refractivity contribution in [2.24, 2.45) is 0 Å². The molecule has 1 N–H and O–H groups in total. The van der Waals surface area contributed by atoms with Crippen molar-refractivity contribution in [1.82, 2.24) is 5.32 Å². The van der Waals surface area contributed by atoms with E-state index in [-0.39, 0.29) is 38.2 Å². The van der Waals surface area contributed by atoms with Crippen LogP contribution in [-0.4, -0.2) is 50.3 Å². The Bertz CT molecular complexity index is 723. The number of amides is 1. The second-order valence-corrected chi connectivity index (χ2v) is 7.64. The molecule has 0 atom stereocenters. The summed E-state index contributed by atoms with van der Waals surface area (Å²) in [7, 11) is -3.62. The minimum absolute atomic E-state index is 0.0410. The summed E-state index contributed by atoms with van der Waals surface area (Å²) in [4.78, 5) is 36.6. The molecule has 0 aliphatic carbocycles. The number of hydrogen-bond acceptors (Lipinski definition) is 8. The summed E-state index contributed by atoms with van der Waals surface area (Å²) in [5.74, 6) is -2.48. The van der Waals surface area contributed by atoms with Crippen LogP contribution in [-0.2, 0) is 43.9 Å². The van der Waals surface area contributed by atoms with Gasteiger partial charge in [-0.1, -0.05) is 18.2 Å². The fourth-order valence-corrected chi connectivity index (χ4v) is 4.30. The molecule has 1 amide bonds. The van der Waals surface area contributed by atoms with E-state index in [1.165, 1.54) is 0 Å². The number of ether oxygens (including phenoxy) is 2. The number of carbonyl (C=O) groups excluding carboxylic acids is 3. The number of nitrogens with one attached hydrogen (secondary N) is 1. The molecule has 9 nitrogen and oxygen atoms in total. The van der Waals surface area contributed by atoms with Gasteiger partial charge in [0.25, 0.3) is 0 Å². The van der Waals surface area contributed by atoms with Gasteiger partial charge in [-0.3, -0.25) is 9.36 Å². The molecule has 29 heavy (non-hydrogen) atoms. The van der Waals surface area contributed by atoms with E-state index >= 15 is 0 Å². The quantitative estimate of drug-likeness (QED) is 0.303. The number of esters is 2. The molecular weight excluding hydrogens is 401 g/mol. The van der Waals surface area contributed by atoms with Crippen molar-refractivity contribution in [3.63, 3.8) is 0 Å². The van der Waals surface area contributed by atoms with Gasteiger partial charge in [-0.15, -0.1) is 0 Å². The predicted molar refractivity (Wildman–Crippen MR) is 106 cm³/mol. The van der Waals surface area contributed by atoms with Crippen LogP contribution in [0.25, 0.3) is 0 Å². The van der Waals surface area contributed by atoms with Crippen LogP contribution >= 0.6 is 7.60 Å². The second-order valence-electron chi connectivity index (χ2n) is 5.64. The monoisotopic (exact) mass is 429 g/mol. The van der Waals surface area contributed by atoms with Gasteiger partial charge in [0.2, 0.25) is 11.9 Å². The maximum atomic E-state index is 13.1. The summed E-state index contributed by atoms with van der Waals surface area (Å²) in [5, 5.41) is 2.57. The average molecular weight is 429 g/mol. The van der Waals surface area contributed by atoms with Crippen LogP contribution in [0.5, 0.6) is 0 Å². The Morgan fingerprint density at radius 1 is 0.897 bits per heavy atom. The molecule has 0 aliphatic rings. The van der Waals surface area contributed by atoms with E-state index in [0.717, 1.165) is 0 Å². The molecule has 1 rings (SSSR count). The summed E-state index contributed by atoms with van der Waals surface area (Å²) in [6, 6.07) is 4.90. The van der Waals surface area contributed by atoms with Gasteiger partial charge in [-0.2, -0.15) is 0 Å². The number of rotatable bonds is 12. The van der Waals surface area contributed by atoms with E-state index in [0.29, 0.717) is 5.56 Å². The van der Waals surface area contributed by atoms with E-state index in [1.54, 1.807) is 52.0 Å². The maximum absolute atomic E-state index is 13.1. The summed E-state index contributed by atoms with van der Waals surface area (Å²) < 4.78 is 33.5. The SMILES string of the molecule is CCOC(=O)C(NC(=O)Cc1ccccc1P(=O)(OCC)OCC)C(=O)OCC. The van der Waals surface area contributed by atoms with Crippen LogP contribution in [0.1, 0.15) is 33.3 Å². The lowest BCUT2D eigenvalue weighted by atomic mass is 10.1. The first-order chi connectivity index (χ1) is 13.8. The molecule has 0 saturated carbocycles. The summed E-state index contributed by atoms with van der Waals surface area (Å²) in [5.41, 5.74) is 0.390. The topological polar surface area (TPSA) is 117 Å². The van der Waals surface area contributed by atoms with Crippen LogP contribution in [0, 0.1) is 0 Å². The first-order valence-electron chi connectivity index (χ1n) is 9.43. The molecule has 0 aromatic heterocycles. The Morgan fingerprint density at radius 2 is 1.41 bits per heavy atom. The van der Waals surface area contributed by atoms with E-state index in [4.69, 9.17) is 18.5 Å². The number of carbonyl (C=O) groups is 3. The largest absolute Gasteiger partial charge is 0.464 e. The normalized spacial score (nSPS) is 11.2. The standard InChI is InChI=1S/C19H28NO8P/c1-5-25-18(22)17(19(23)26-6-2)20-16(21)13-14-11-9-10-12-15(14)29(24,27-7-3)28-8-4/h9-12,17H,5-8,13H2,1-4H3,(H,20,21). The minimum Gasteiger partial charge on any atom is -0.464 e. The van der Waals surface area contributed by atoms with Crippen molar-refractivity contribution in [3.8, 4) is 0 Å². The highest BCUT2D eigenvalue weighted by Crippen LogP contribution is 2.47. The van der Waals surface area contributed by atoms with E-state index in [2.05, 4.69) is 5.32 Å². The second kappa shape index (κ2) is 12.4. The molecule has 0 radical (unpaired) electrons. The van der Waals surface area contributed by atoms with Crippen LogP contribution in [0.3, 0.4) is 0 Å². The zero-order chi connectivity index (χ0) is 21.9. The lowest BCUT2D eigenvalue weighted by molar-refractivity contribution is -0.159. The van der Waals surface area contributed by atoms with Crippen molar-refractivity contribution < 1.29 is 37.5 Å². The fraction of sp³-hybridized carbons (Fsp3) is 0.526. The molecule has 162 valence electrons. The van der Waals surface area contributed by atoms with Gasteiger partial charge in [-0.05, 0) is 39.3 Å². The van der Waals surface area contributed by atoms with Crippen molar-refractivity contribution in [2.75, 3.05) is 26.4 Å². The lowest BCUT2D eigenvalue weighted by Gasteiger charge is -2.20. The van der Waals surface area contributed by atoms with Crippen molar-refractivity contribution >= 4 is 30.7 Å². The van der Waals surface area contributed by atoms with E-state index in [1.807, 2.05) is 0 Å². The average Bonchev–Trinajstić information content (AvgIpc) is 2.67. The molecule has 1 aromatic carbocycles. The van der Waals surface area contributed by atoms with Crippen LogP contribution in [0.4, 0.5) is 0 Å². The molecule has 10 heteroatoms. The summed E-state index contributed by atoms with van der Waals surface area (Å²) >= 11 is 0. The Balaban J connectivity index is 3.07. The van der Waals surface area contributed by atoms with Crippen molar-refractivity contribution in [1.29, 1.82) is 0 Å². The third-order valence-corrected chi connectivity index (χ3v) is 5.81.